The SMILES string of the molecule is CCC(CC)(c1ccc(C#CC2(C)CCCCC2)c(C)c1)c1ccc(-c2ccc(CC(=O)OC)cc2)c(C)c1.CCC(CC)(c1ccc(C#CC2(C)CCCCC2)c(C)c1)c1ccc(-c2ccc(CC(C)=O)cc2)c(C)c1. The molecule has 0 N–H and O–H groups in total. The van der Waals surface area contributed by atoms with E-state index in [4.69, 9.17) is 4.74 Å². The third-order valence-corrected chi connectivity index (χ3v) is 18.0. The quantitative estimate of drug-likeness (QED) is 0.0807. The van der Waals surface area contributed by atoms with Gasteiger partial charge in [0.25, 0.3) is 0 Å². The average molecular weight is 1030 g/mol. The van der Waals surface area contributed by atoms with Crippen LogP contribution in [0.1, 0.15) is 205 Å². The Morgan fingerprint density at radius 1 is 0.468 bits per heavy atom. The van der Waals surface area contributed by atoms with Crippen molar-refractivity contribution in [2.75, 3.05) is 7.11 Å². The summed E-state index contributed by atoms with van der Waals surface area (Å²) in [5.41, 5.74) is 20.1. The van der Waals surface area contributed by atoms with Crippen molar-refractivity contribution in [1.29, 1.82) is 0 Å². The standard InChI is InChI=1S/C37H44O2.C37H44O/c1-7-37(8-2,32-17-16-30(27(3)24-32)20-23-36(5)21-10-9-11-22-36)33-18-19-34(28(4)25-33)31-14-12-29(13-15-31)26-35(38)39-6;1-7-37(8-2,33-17-16-31(27(3)24-33)20-23-36(6)21-10-9-11-22-36)34-18-19-35(28(4)25-34)32-14-12-30(13-15-32)26-29(5)38/h12-19,24-25H,7-11,21-22,26H2,1-6H3;12-19,24-25H,7-11,21-22,26H2,1-6H3. The molecule has 3 heteroatoms. The Labute approximate surface area is 465 Å². The van der Waals surface area contributed by atoms with Gasteiger partial charge in [-0.3, -0.25) is 9.59 Å². The maximum Gasteiger partial charge on any atom is 0.309 e. The zero-order chi connectivity index (χ0) is 55.4. The molecule has 8 rings (SSSR count). The highest BCUT2D eigenvalue weighted by molar-refractivity contribution is 5.79. The van der Waals surface area contributed by atoms with E-state index in [-0.39, 0.29) is 33.4 Å². The van der Waals surface area contributed by atoms with Crippen LogP contribution in [0.2, 0.25) is 0 Å². The highest BCUT2D eigenvalue weighted by atomic mass is 16.5. The summed E-state index contributed by atoms with van der Waals surface area (Å²) < 4.78 is 4.80. The summed E-state index contributed by atoms with van der Waals surface area (Å²) in [5.74, 6) is 14.4. The van der Waals surface area contributed by atoms with Gasteiger partial charge >= 0.3 is 5.97 Å². The molecule has 0 bridgehead atoms. The van der Waals surface area contributed by atoms with E-state index in [2.05, 4.69) is 202 Å². The van der Waals surface area contributed by atoms with Crippen molar-refractivity contribution in [2.45, 2.75) is 190 Å². The van der Waals surface area contributed by atoms with Gasteiger partial charge < -0.3 is 4.74 Å². The third-order valence-electron chi connectivity index (χ3n) is 18.0. The van der Waals surface area contributed by atoms with Gasteiger partial charge in [0.2, 0.25) is 0 Å². The van der Waals surface area contributed by atoms with Crippen LogP contribution < -0.4 is 0 Å². The monoisotopic (exact) mass is 1020 g/mol. The number of carbonyl (C=O) groups is 2. The van der Waals surface area contributed by atoms with Crippen LogP contribution in [0.4, 0.5) is 0 Å². The maximum absolute atomic E-state index is 11.6. The van der Waals surface area contributed by atoms with Gasteiger partial charge in [0.1, 0.15) is 5.78 Å². The average Bonchev–Trinajstić information content (AvgIpc) is 3.46. The Kier molecular flexibility index (Phi) is 19.5. The Morgan fingerprint density at radius 3 is 1.12 bits per heavy atom. The topological polar surface area (TPSA) is 43.4 Å². The Morgan fingerprint density at radius 2 is 0.805 bits per heavy atom. The summed E-state index contributed by atoms with van der Waals surface area (Å²) in [4.78, 5) is 23.1. The molecule has 0 radical (unpaired) electrons. The molecule has 77 heavy (non-hydrogen) atoms. The van der Waals surface area contributed by atoms with Gasteiger partial charge in [0.15, 0.2) is 0 Å². The second kappa shape index (κ2) is 25.8. The fourth-order valence-electron chi connectivity index (χ4n) is 12.7. The Balaban J connectivity index is 0.000000224. The Bertz CT molecular complexity index is 3120. The highest BCUT2D eigenvalue weighted by Gasteiger charge is 2.33. The number of Topliss-reactive ketones (excluding diaryl/α,β-unsaturated/α-hetero) is 1. The predicted octanol–water partition coefficient (Wildman–Crippen LogP) is 18.6. The molecule has 0 heterocycles. The van der Waals surface area contributed by atoms with Crippen LogP contribution in [0, 0.1) is 62.2 Å². The molecule has 2 aliphatic rings. The molecule has 0 aliphatic heterocycles. The number of esters is 1. The number of hydrogen-bond donors (Lipinski definition) is 0. The van der Waals surface area contributed by atoms with E-state index in [1.54, 1.807) is 6.92 Å². The summed E-state index contributed by atoms with van der Waals surface area (Å²) in [6.45, 7) is 24.4. The van der Waals surface area contributed by atoms with E-state index < -0.39 is 0 Å². The van der Waals surface area contributed by atoms with Gasteiger partial charge in [-0.25, -0.2) is 0 Å². The van der Waals surface area contributed by atoms with Crippen LogP contribution in [0.3, 0.4) is 0 Å². The van der Waals surface area contributed by atoms with Crippen LogP contribution in [-0.2, 0) is 38.0 Å². The van der Waals surface area contributed by atoms with Crippen LogP contribution in [0.5, 0.6) is 0 Å². The number of hydrogen-bond acceptors (Lipinski definition) is 3. The number of aryl methyl sites for hydroxylation is 4. The molecule has 0 saturated heterocycles. The first-order chi connectivity index (χ1) is 36.9. The minimum Gasteiger partial charge on any atom is -0.469 e. The molecule has 402 valence electrons. The van der Waals surface area contributed by atoms with Crippen molar-refractivity contribution in [3.05, 3.63) is 188 Å². The lowest BCUT2D eigenvalue weighted by atomic mass is 9.69. The first-order valence-electron chi connectivity index (χ1n) is 29.2. The maximum atomic E-state index is 11.6. The second-order valence-corrected chi connectivity index (χ2v) is 23.5. The number of carbonyl (C=O) groups excluding carboxylic acids is 2. The van der Waals surface area contributed by atoms with Crippen molar-refractivity contribution < 1.29 is 14.3 Å². The summed E-state index contributed by atoms with van der Waals surface area (Å²) in [7, 11) is 1.43. The van der Waals surface area contributed by atoms with Crippen molar-refractivity contribution in [3.8, 4) is 45.9 Å². The smallest absolute Gasteiger partial charge is 0.309 e. The number of ether oxygens (including phenoxy) is 1. The van der Waals surface area contributed by atoms with E-state index in [0.29, 0.717) is 12.8 Å². The lowest BCUT2D eigenvalue weighted by Gasteiger charge is -2.34. The molecule has 0 atom stereocenters. The Hall–Kier alpha value is -6.42. The van der Waals surface area contributed by atoms with Gasteiger partial charge in [0.05, 0.1) is 13.5 Å². The first-order valence-corrected chi connectivity index (χ1v) is 29.2. The molecule has 0 aromatic heterocycles. The van der Waals surface area contributed by atoms with Gasteiger partial charge in [0, 0.05) is 39.2 Å². The van der Waals surface area contributed by atoms with Crippen molar-refractivity contribution in [3.63, 3.8) is 0 Å². The fourth-order valence-corrected chi connectivity index (χ4v) is 12.7. The summed E-state index contributed by atoms with van der Waals surface area (Å²) >= 11 is 0. The first kappa shape index (κ1) is 58.3. The zero-order valence-electron chi connectivity index (χ0n) is 49.1. The molecule has 3 nitrogen and oxygen atoms in total. The molecule has 2 saturated carbocycles. The van der Waals surface area contributed by atoms with Crippen molar-refractivity contribution in [1.82, 2.24) is 0 Å². The zero-order valence-corrected chi connectivity index (χ0v) is 49.1. The highest BCUT2D eigenvalue weighted by Crippen LogP contribution is 2.44. The molecule has 2 aliphatic carbocycles. The molecular weight excluding hydrogens is 937 g/mol. The van der Waals surface area contributed by atoms with E-state index in [1.165, 1.54) is 138 Å². The van der Waals surface area contributed by atoms with Gasteiger partial charge in [-0.2, -0.15) is 0 Å². The largest absolute Gasteiger partial charge is 0.469 e. The van der Waals surface area contributed by atoms with E-state index >= 15 is 0 Å². The summed E-state index contributed by atoms with van der Waals surface area (Å²) in [6, 6.07) is 44.5. The number of rotatable bonds is 14. The minimum absolute atomic E-state index is 0.0271. The minimum atomic E-state index is -0.215. The molecule has 6 aromatic rings. The van der Waals surface area contributed by atoms with Gasteiger partial charge in [-0.1, -0.05) is 199 Å². The third kappa shape index (κ3) is 13.8. The fraction of sp³-hybridized carbons (Fsp3) is 0.432. The lowest BCUT2D eigenvalue weighted by Crippen LogP contribution is -2.26. The van der Waals surface area contributed by atoms with Crippen LogP contribution in [-0.4, -0.2) is 18.9 Å². The van der Waals surface area contributed by atoms with E-state index in [0.717, 1.165) is 47.9 Å². The molecule has 0 spiro atoms. The molecular formula is C74H88O3. The molecule has 6 aromatic carbocycles. The predicted molar refractivity (Wildman–Crippen MR) is 325 cm³/mol. The lowest BCUT2D eigenvalue weighted by molar-refractivity contribution is -0.139. The second-order valence-electron chi connectivity index (χ2n) is 23.5. The van der Waals surface area contributed by atoms with Crippen molar-refractivity contribution >= 4 is 11.8 Å². The molecule has 0 unspecified atom stereocenters. The van der Waals surface area contributed by atoms with E-state index in [9.17, 15) is 9.59 Å². The van der Waals surface area contributed by atoms with Crippen molar-refractivity contribution in [2.24, 2.45) is 10.8 Å². The molecule has 2 fully saturated rings. The van der Waals surface area contributed by atoms with Gasteiger partial charge in [-0.05, 0) is 190 Å². The number of methoxy groups -OCH3 is 1. The van der Waals surface area contributed by atoms with Crippen LogP contribution in [0.15, 0.2) is 121 Å². The van der Waals surface area contributed by atoms with E-state index in [1.807, 2.05) is 12.1 Å². The number of benzene rings is 6. The van der Waals surface area contributed by atoms with Crippen LogP contribution >= 0.6 is 0 Å². The molecule has 0 amide bonds. The number of ketones is 1. The van der Waals surface area contributed by atoms with Crippen LogP contribution in [0.25, 0.3) is 22.3 Å². The van der Waals surface area contributed by atoms with Gasteiger partial charge in [-0.15, -0.1) is 0 Å². The normalized spacial score (nSPS) is 14.9. The summed E-state index contributed by atoms with van der Waals surface area (Å²) in [6.07, 6.45) is 17.8. The summed E-state index contributed by atoms with van der Waals surface area (Å²) in [5, 5.41) is 0.